The molecule has 0 unspecified atom stereocenters. The zero-order valence-corrected chi connectivity index (χ0v) is 29.2. The number of ether oxygens (including phenoxy) is 2. The van der Waals surface area contributed by atoms with Crippen molar-refractivity contribution in [1.82, 2.24) is 15.1 Å². The number of hydrogen-bond acceptors (Lipinski definition) is 7. The molecular formula is C38H39ClF3N3O7. The number of carboxylic acid groups (broad SMARTS) is 1. The van der Waals surface area contributed by atoms with Gasteiger partial charge in [-0.1, -0.05) is 54.1 Å². The van der Waals surface area contributed by atoms with Gasteiger partial charge in [-0.25, -0.2) is 8.78 Å². The topological polar surface area (TPSA) is 125 Å². The Labute approximate surface area is 304 Å². The summed E-state index contributed by atoms with van der Waals surface area (Å²) in [4.78, 5) is 53.4. The van der Waals surface area contributed by atoms with E-state index in [9.17, 15) is 37.5 Å². The van der Waals surface area contributed by atoms with E-state index in [0.29, 0.717) is 49.0 Å². The van der Waals surface area contributed by atoms with Gasteiger partial charge in [0.2, 0.25) is 11.7 Å². The lowest BCUT2D eigenvalue weighted by molar-refractivity contribution is -0.147. The molecule has 2 aliphatic rings. The van der Waals surface area contributed by atoms with E-state index in [2.05, 4.69) is 5.32 Å². The van der Waals surface area contributed by atoms with E-state index in [0.717, 1.165) is 28.3 Å². The maximum absolute atomic E-state index is 14.5. The quantitative estimate of drug-likeness (QED) is 0.111. The lowest BCUT2D eigenvalue weighted by Gasteiger charge is -2.45. The van der Waals surface area contributed by atoms with Crippen LogP contribution in [0.2, 0.25) is 5.02 Å². The number of carboxylic acids is 1. The number of hydrogen-bond donors (Lipinski definition) is 2. The first-order valence-electron chi connectivity index (χ1n) is 16.9. The molecule has 2 amide bonds. The van der Waals surface area contributed by atoms with Crippen molar-refractivity contribution in [2.75, 3.05) is 26.2 Å². The van der Waals surface area contributed by atoms with Crippen molar-refractivity contribution >= 4 is 41.4 Å². The van der Waals surface area contributed by atoms with Crippen LogP contribution in [0.3, 0.4) is 0 Å². The van der Waals surface area contributed by atoms with Crippen LogP contribution in [-0.4, -0.2) is 83.6 Å². The molecule has 2 heterocycles. The van der Waals surface area contributed by atoms with Gasteiger partial charge in [0, 0.05) is 42.8 Å². The van der Waals surface area contributed by atoms with Crippen molar-refractivity contribution in [3.05, 3.63) is 105 Å². The number of benzene rings is 3. The zero-order chi connectivity index (χ0) is 37.4. The van der Waals surface area contributed by atoms with Crippen LogP contribution in [0.1, 0.15) is 49.3 Å². The normalized spacial score (nSPS) is 17.4. The van der Waals surface area contributed by atoms with Crippen LogP contribution in [0.15, 0.2) is 66.2 Å². The van der Waals surface area contributed by atoms with E-state index in [-0.39, 0.29) is 50.4 Å². The Hall–Kier alpha value is -4.88. The molecule has 2 aliphatic heterocycles. The second-order valence-electron chi connectivity index (χ2n) is 12.7. The molecule has 2 bridgehead atoms. The fraction of sp³-hybridized carbons (Fsp3) is 0.368. The van der Waals surface area contributed by atoms with Crippen molar-refractivity contribution in [2.24, 2.45) is 0 Å². The summed E-state index contributed by atoms with van der Waals surface area (Å²) in [6, 6.07) is 15.6. The molecule has 5 rings (SSSR count). The first-order chi connectivity index (χ1) is 25.0. The predicted molar refractivity (Wildman–Crippen MR) is 186 cm³/mol. The molecule has 52 heavy (non-hydrogen) atoms. The van der Waals surface area contributed by atoms with Crippen LogP contribution in [0.4, 0.5) is 13.2 Å². The number of nitrogens with one attached hydrogen (secondary N) is 1. The van der Waals surface area contributed by atoms with Crippen LogP contribution in [0.5, 0.6) is 5.75 Å². The molecule has 1 saturated heterocycles. The highest BCUT2D eigenvalue weighted by molar-refractivity contribution is 6.31. The van der Waals surface area contributed by atoms with Crippen LogP contribution in [-0.2, 0) is 36.9 Å². The van der Waals surface area contributed by atoms with Crippen LogP contribution in [0.25, 0.3) is 5.57 Å². The number of aliphatic carboxylic acids is 1. The van der Waals surface area contributed by atoms with Gasteiger partial charge in [-0.3, -0.25) is 19.2 Å². The fourth-order valence-electron chi connectivity index (χ4n) is 6.63. The summed E-state index contributed by atoms with van der Waals surface area (Å²) in [5, 5.41) is 13.2. The van der Waals surface area contributed by atoms with E-state index in [4.69, 9.17) is 21.1 Å². The minimum atomic E-state index is -1.37. The van der Waals surface area contributed by atoms with Crippen molar-refractivity contribution < 1.29 is 46.9 Å². The second-order valence-corrected chi connectivity index (χ2v) is 13.1. The third-order valence-corrected chi connectivity index (χ3v) is 9.56. The van der Waals surface area contributed by atoms with Gasteiger partial charge in [0.15, 0.2) is 17.4 Å². The van der Waals surface area contributed by atoms with Gasteiger partial charge in [-0.05, 0) is 66.6 Å². The number of carbonyl (C=O) groups excluding carboxylic acids is 3. The molecule has 3 aromatic rings. The maximum atomic E-state index is 14.5. The molecule has 2 N–H and O–H groups in total. The smallest absolute Gasteiger partial charge is 0.307 e. The maximum Gasteiger partial charge on any atom is 0.307 e. The fourth-order valence-corrected chi connectivity index (χ4v) is 6.83. The summed E-state index contributed by atoms with van der Waals surface area (Å²) in [6.07, 6.45) is -0.631. The Kier molecular flexibility index (Phi) is 13.0. The number of carbonyl (C=O) groups is 4. The van der Waals surface area contributed by atoms with E-state index in [1.54, 1.807) is 15.9 Å². The van der Waals surface area contributed by atoms with E-state index in [1.165, 1.54) is 0 Å². The Bertz CT molecular complexity index is 1820. The summed E-state index contributed by atoms with van der Waals surface area (Å²) < 4.78 is 51.5. The lowest BCUT2D eigenvalue weighted by atomic mass is 9.82. The van der Waals surface area contributed by atoms with Gasteiger partial charge >= 0.3 is 5.97 Å². The third kappa shape index (κ3) is 9.31. The lowest BCUT2D eigenvalue weighted by Crippen LogP contribution is -2.62. The van der Waals surface area contributed by atoms with E-state index >= 15 is 0 Å². The van der Waals surface area contributed by atoms with E-state index < -0.39 is 47.7 Å². The van der Waals surface area contributed by atoms with Gasteiger partial charge in [-0.2, -0.15) is 4.39 Å². The summed E-state index contributed by atoms with van der Waals surface area (Å²) >= 11 is 6.45. The molecule has 14 heteroatoms. The highest BCUT2D eigenvalue weighted by atomic mass is 35.5. The van der Waals surface area contributed by atoms with E-state index in [1.807, 2.05) is 49.4 Å². The average Bonchev–Trinajstić information content (AvgIpc) is 3.12. The summed E-state index contributed by atoms with van der Waals surface area (Å²) in [7, 11) is 0. The average molecular weight is 742 g/mol. The molecular weight excluding hydrogens is 703 g/mol. The predicted octanol–water partition coefficient (Wildman–Crippen LogP) is 5.55. The molecule has 10 nitrogen and oxygen atoms in total. The largest absolute Gasteiger partial charge is 0.488 e. The minimum Gasteiger partial charge on any atom is -0.488 e. The molecule has 0 aromatic heterocycles. The van der Waals surface area contributed by atoms with Gasteiger partial charge in [-0.15, -0.1) is 0 Å². The number of aryl methyl sites for hydroxylation is 1. The van der Waals surface area contributed by atoms with Crippen molar-refractivity contribution in [3.63, 3.8) is 0 Å². The second kappa shape index (κ2) is 17.6. The molecule has 0 spiro atoms. The first-order valence-corrected chi connectivity index (χ1v) is 17.3. The highest BCUT2D eigenvalue weighted by Crippen LogP contribution is 2.35. The Balaban J connectivity index is 1.37. The molecule has 1 fully saturated rings. The third-order valence-electron chi connectivity index (χ3n) is 9.19. The zero-order valence-electron chi connectivity index (χ0n) is 28.5. The number of rotatable bonds is 16. The van der Waals surface area contributed by atoms with Gasteiger partial charge in [0.1, 0.15) is 6.10 Å². The van der Waals surface area contributed by atoms with Crippen molar-refractivity contribution in [3.8, 4) is 5.75 Å². The van der Waals surface area contributed by atoms with Gasteiger partial charge < -0.3 is 29.7 Å². The number of fused-ring (bicyclic) bond motifs is 2. The number of piperazine rings is 1. The minimum absolute atomic E-state index is 0.0380. The molecule has 0 saturated carbocycles. The van der Waals surface area contributed by atoms with Gasteiger partial charge in [0.25, 0.3) is 12.4 Å². The SMILES string of the molecule is CCN(Cc1ccccc1Cl)C(=O)C1=C(c2ccc(CCCOc3c(F)ccc(F)c3F)cc2)C[C@@H]2CN(C(=O)C[C@@H](CC(=O)O)OC=O)C[C@H]1N2. The Morgan fingerprint density at radius 3 is 2.46 bits per heavy atom. The number of halogens is 4. The van der Waals surface area contributed by atoms with Crippen molar-refractivity contribution in [1.29, 1.82) is 0 Å². The molecule has 0 radical (unpaired) electrons. The van der Waals surface area contributed by atoms with Crippen LogP contribution >= 0.6 is 11.6 Å². The van der Waals surface area contributed by atoms with Crippen molar-refractivity contribution in [2.45, 2.75) is 63.8 Å². The molecule has 3 atom stereocenters. The Morgan fingerprint density at radius 1 is 1.04 bits per heavy atom. The monoisotopic (exact) mass is 741 g/mol. The highest BCUT2D eigenvalue weighted by Gasteiger charge is 2.41. The molecule has 276 valence electrons. The standard InChI is InChI=1S/C38H39ClF3N3O7/c1-2-44(19-25-7-3-4-8-29(25)39)38(50)35-28(16-26-20-45(21-32(35)43-26)33(47)17-27(52-22-46)18-34(48)49)24-11-9-23(10-12-24)6-5-15-51-37-31(41)14-13-30(40)36(37)42/h3-4,7-14,22,26-27,32,43H,2,5-6,15-21H2,1H3,(H,48,49)/t26-,27+,32-/m1/s1. The Morgan fingerprint density at radius 2 is 1.77 bits per heavy atom. The summed E-state index contributed by atoms with van der Waals surface area (Å²) in [5.74, 6) is -6.12. The van der Waals surface area contributed by atoms with Crippen LogP contribution < -0.4 is 10.1 Å². The number of amides is 2. The number of likely N-dealkylation sites (N-methyl/N-ethyl adjacent to an activating group) is 1. The first kappa shape index (κ1) is 38.4. The molecule has 3 aromatic carbocycles. The summed E-state index contributed by atoms with van der Waals surface area (Å²) in [5.41, 5.74) is 3.82. The summed E-state index contributed by atoms with van der Waals surface area (Å²) in [6.45, 7) is 3.03. The van der Waals surface area contributed by atoms with Crippen LogP contribution in [0, 0.1) is 17.5 Å². The number of nitrogens with zero attached hydrogens (tertiary/aromatic N) is 2. The molecule has 0 aliphatic carbocycles. The van der Waals surface area contributed by atoms with Gasteiger partial charge in [0.05, 0.1) is 25.5 Å².